The number of hydrogen-bond donors (Lipinski definition) is 2. The summed E-state index contributed by atoms with van der Waals surface area (Å²) in [5.41, 5.74) is 5.40. The second-order valence-electron chi connectivity index (χ2n) is 5.94. The molecular weight excluding hydrogens is 359 g/mol. The third-order valence-electron chi connectivity index (χ3n) is 3.85. The van der Waals surface area contributed by atoms with Gasteiger partial charge in [-0.2, -0.15) is 18.4 Å². The largest absolute Gasteiger partial charge is 0.416 e. The molecule has 1 amide bonds. The number of nitrogens with zero attached hydrogens (tertiary/aromatic N) is 3. The highest BCUT2D eigenvalue weighted by Crippen LogP contribution is 2.31. The van der Waals surface area contributed by atoms with E-state index in [-0.39, 0.29) is 17.1 Å². The summed E-state index contributed by atoms with van der Waals surface area (Å²) < 4.78 is 38.7. The molecule has 0 radical (unpaired) electrons. The van der Waals surface area contributed by atoms with Crippen molar-refractivity contribution in [3.63, 3.8) is 0 Å². The van der Waals surface area contributed by atoms with Gasteiger partial charge in [0.05, 0.1) is 17.3 Å². The monoisotopic (exact) mass is 377 g/mol. The molecule has 6 nitrogen and oxygen atoms in total. The molecule has 0 aliphatic heterocycles. The van der Waals surface area contributed by atoms with Crippen LogP contribution in [-0.4, -0.2) is 28.5 Å². The lowest BCUT2D eigenvalue weighted by molar-refractivity contribution is -0.137. The number of aromatic nitrogens is 2. The van der Waals surface area contributed by atoms with E-state index >= 15 is 0 Å². The molecule has 1 atom stereocenters. The smallest absolute Gasteiger partial charge is 0.368 e. The van der Waals surface area contributed by atoms with Crippen molar-refractivity contribution >= 4 is 5.91 Å². The quantitative estimate of drug-likeness (QED) is 0.721. The number of nitrogens with one attached hydrogen (secondary N) is 1. The second-order valence-corrected chi connectivity index (χ2v) is 5.94. The first kappa shape index (κ1) is 20.3. The molecule has 9 heteroatoms. The zero-order chi connectivity index (χ0) is 20.0. The molecule has 0 saturated carbocycles. The summed E-state index contributed by atoms with van der Waals surface area (Å²) in [4.78, 5) is 19.1. The lowest BCUT2D eigenvalue weighted by atomic mass is 10.1. The molecule has 0 saturated heterocycles. The van der Waals surface area contributed by atoms with Gasteiger partial charge in [-0.3, -0.25) is 4.79 Å². The molecule has 0 unspecified atom stereocenters. The number of rotatable bonds is 7. The predicted octanol–water partition coefficient (Wildman–Crippen LogP) is 2.43. The molecule has 27 heavy (non-hydrogen) atoms. The van der Waals surface area contributed by atoms with Gasteiger partial charge in [0.2, 0.25) is 11.7 Å². The summed E-state index contributed by atoms with van der Waals surface area (Å²) >= 11 is 0. The van der Waals surface area contributed by atoms with E-state index in [0.717, 1.165) is 12.1 Å². The Hall–Kier alpha value is -2.99. The Labute approximate surface area is 154 Å². The average Bonchev–Trinajstić information content (AvgIpc) is 2.64. The minimum atomic E-state index is -4.47. The van der Waals surface area contributed by atoms with E-state index in [1.807, 2.05) is 6.07 Å². The minimum Gasteiger partial charge on any atom is -0.368 e. The molecule has 2 rings (SSSR count). The van der Waals surface area contributed by atoms with Crippen LogP contribution in [0.4, 0.5) is 13.2 Å². The highest BCUT2D eigenvalue weighted by atomic mass is 19.4. The molecule has 2 aromatic rings. The van der Waals surface area contributed by atoms with E-state index in [4.69, 9.17) is 11.0 Å². The first-order valence-electron chi connectivity index (χ1n) is 8.19. The summed E-state index contributed by atoms with van der Waals surface area (Å²) in [6, 6.07) is 7.68. The number of nitrogens with two attached hydrogens (primary N) is 1. The Bertz CT molecular complexity index is 861. The molecule has 1 aromatic carbocycles. The summed E-state index contributed by atoms with van der Waals surface area (Å²) in [7, 11) is 0. The third-order valence-corrected chi connectivity index (χ3v) is 3.85. The fourth-order valence-electron chi connectivity index (χ4n) is 2.37. The molecule has 0 bridgehead atoms. The second kappa shape index (κ2) is 8.60. The molecule has 0 aliphatic carbocycles. The van der Waals surface area contributed by atoms with Gasteiger partial charge in [0.15, 0.2) is 0 Å². The number of carbonyl (C=O) groups is 1. The zero-order valence-corrected chi connectivity index (χ0v) is 14.5. The van der Waals surface area contributed by atoms with Gasteiger partial charge in [-0.25, -0.2) is 9.97 Å². The summed E-state index contributed by atoms with van der Waals surface area (Å²) in [6.45, 7) is 2.14. The Morgan fingerprint density at radius 2 is 2.07 bits per heavy atom. The number of aryl methyl sites for hydroxylation is 1. The van der Waals surface area contributed by atoms with Gasteiger partial charge >= 0.3 is 6.18 Å². The summed E-state index contributed by atoms with van der Waals surface area (Å²) in [6.07, 6.45) is -3.41. The standard InChI is InChI=1S/C18H18F3N5O/c1-11(17(23)27)24-7-3-6-14-9-15(26-16(10-22)25-14)12-4-2-5-13(8-12)18(19,20)21/h2,4-5,8-9,11,24H,3,6-7H2,1H3,(H2,23,27)/t11-/m0/s1. The van der Waals surface area contributed by atoms with Crippen LogP contribution in [0.15, 0.2) is 30.3 Å². The highest BCUT2D eigenvalue weighted by Gasteiger charge is 2.30. The Morgan fingerprint density at radius 1 is 1.33 bits per heavy atom. The van der Waals surface area contributed by atoms with E-state index in [0.29, 0.717) is 25.1 Å². The van der Waals surface area contributed by atoms with Crippen LogP contribution in [-0.2, 0) is 17.4 Å². The lowest BCUT2D eigenvalue weighted by Gasteiger charge is -2.11. The van der Waals surface area contributed by atoms with Gasteiger partial charge in [0.25, 0.3) is 0 Å². The molecule has 142 valence electrons. The van der Waals surface area contributed by atoms with Crippen molar-refractivity contribution in [1.82, 2.24) is 15.3 Å². The maximum absolute atomic E-state index is 12.9. The van der Waals surface area contributed by atoms with Crippen molar-refractivity contribution in [3.05, 3.63) is 47.4 Å². The van der Waals surface area contributed by atoms with Crippen molar-refractivity contribution in [3.8, 4) is 17.3 Å². The Morgan fingerprint density at radius 3 is 2.70 bits per heavy atom. The number of benzene rings is 1. The highest BCUT2D eigenvalue weighted by molar-refractivity contribution is 5.79. The van der Waals surface area contributed by atoms with Gasteiger partial charge in [0.1, 0.15) is 6.07 Å². The van der Waals surface area contributed by atoms with E-state index in [9.17, 15) is 18.0 Å². The van der Waals surface area contributed by atoms with Gasteiger partial charge < -0.3 is 11.1 Å². The molecule has 3 N–H and O–H groups in total. The van der Waals surface area contributed by atoms with Crippen LogP contribution >= 0.6 is 0 Å². The van der Waals surface area contributed by atoms with E-state index in [1.54, 1.807) is 13.0 Å². The molecule has 0 spiro atoms. The van der Waals surface area contributed by atoms with Gasteiger partial charge in [-0.15, -0.1) is 0 Å². The van der Waals surface area contributed by atoms with Crippen molar-refractivity contribution in [2.45, 2.75) is 32.0 Å². The van der Waals surface area contributed by atoms with Crippen LogP contribution in [0, 0.1) is 11.3 Å². The van der Waals surface area contributed by atoms with Crippen molar-refractivity contribution in [1.29, 1.82) is 5.26 Å². The maximum atomic E-state index is 12.9. The number of halogens is 3. The van der Waals surface area contributed by atoms with Gasteiger partial charge in [-0.1, -0.05) is 12.1 Å². The third kappa shape index (κ3) is 5.76. The van der Waals surface area contributed by atoms with E-state index in [2.05, 4.69) is 15.3 Å². The molecule has 0 aliphatic rings. The Balaban J connectivity index is 2.18. The lowest BCUT2D eigenvalue weighted by Crippen LogP contribution is -2.39. The van der Waals surface area contributed by atoms with Crippen LogP contribution in [0.5, 0.6) is 0 Å². The number of carbonyl (C=O) groups excluding carboxylic acids is 1. The number of alkyl halides is 3. The normalized spacial score (nSPS) is 12.4. The predicted molar refractivity (Wildman–Crippen MR) is 92.2 cm³/mol. The topological polar surface area (TPSA) is 105 Å². The van der Waals surface area contributed by atoms with Crippen LogP contribution in [0.2, 0.25) is 0 Å². The fourth-order valence-corrected chi connectivity index (χ4v) is 2.37. The van der Waals surface area contributed by atoms with E-state index in [1.165, 1.54) is 12.1 Å². The van der Waals surface area contributed by atoms with Crippen molar-refractivity contribution in [2.24, 2.45) is 5.73 Å². The SMILES string of the molecule is C[C@H](NCCCc1cc(-c2cccc(C(F)(F)F)c2)nc(C#N)n1)C(N)=O. The van der Waals surface area contributed by atoms with Gasteiger partial charge in [0, 0.05) is 11.3 Å². The van der Waals surface area contributed by atoms with Crippen molar-refractivity contribution in [2.75, 3.05) is 6.54 Å². The first-order valence-corrected chi connectivity index (χ1v) is 8.19. The molecule has 0 fully saturated rings. The van der Waals surface area contributed by atoms with E-state index < -0.39 is 23.7 Å². The molecule has 1 heterocycles. The number of primary amides is 1. The first-order chi connectivity index (χ1) is 12.7. The Kier molecular flexibility index (Phi) is 6.47. The van der Waals surface area contributed by atoms with Crippen LogP contribution in [0.1, 0.15) is 30.4 Å². The zero-order valence-electron chi connectivity index (χ0n) is 14.5. The average molecular weight is 377 g/mol. The summed E-state index contributed by atoms with van der Waals surface area (Å²) in [5.74, 6) is -0.575. The maximum Gasteiger partial charge on any atom is 0.416 e. The molecule has 1 aromatic heterocycles. The molecular formula is C18H18F3N5O. The minimum absolute atomic E-state index is 0.113. The van der Waals surface area contributed by atoms with Crippen LogP contribution in [0.3, 0.4) is 0 Å². The van der Waals surface area contributed by atoms with Crippen LogP contribution in [0.25, 0.3) is 11.3 Å². The number of hydrogen-bond acceptors (Lipinski definition) is 5. The fraction of sp³-hybridized carbons (Fsp3) is 0.333. The summed E-state index contributed by atoms with van der Waals surface area (Å²) in [5, 5.41) is 12.0. The number of nitriles is 1. The number of amides is 1. The van der Waals surface area contributed by atoms with Crippen LogP contribution < -0.4 is 11.1 Å². The van der Waals surface area contributed by atoms with Gasteiger partial charge in [-0.05, 0) is 44.5 Å². The van der Waals surface area contributed by atoms with Crippen molar-refractivity contribution < 1.29 is 18.0 Å².